The van der Waals surface area contributed by atoms with Crippen molar-refractivity contribution in [3.63, 3.8) is 0 Å². The first-order chi connectivity index (χ1) is 7.56. The first kappa shape index (κ1) is 11.8. The Morgan fingerprint density at radius 3 is 3.06 bits per heavy atom. The van der Waals surface area contributed by atoms with Gasteiger partial charge in [0.05, 0.1) is 16.3 Å². The van der Waals surface area contributed by atoms with Crippen LogP contribution in [0.4, 0.5) is 4.39 Å². The summed E-state index contributed by atoms with van der Waals surface area (Å²) in [6.45, 7) is 1.65. The molecule has 0 fully saturated rings. The number of aliphatic hydroxyl groups excluding tert-OH is 1. The van der Waals surface area contributed by atoms with E-state index in [0.29, 0.717) is 9.43 Å². The molecule has 1 heterocycles. The predicted octanol–water partition coefficient (Wildman–Crippen LogP) is 2.96. The average Bonchev–Trinajstić information content (AvgIpc) is 2.53. The van der Waals surface area contributed by atoms with Gasteiger partial charge in [0.25, 0.3) is 0 Å². The van der Waals surface area contributed by atoms with Crippen LogP contribution in [-0.4, -0.2) is 22.8 Å². The Bertz CT molecular complexity index is 515. The van der Waals surface area contributed by atoms with Gasteiger partial charge in [0.1, 0.15) is 6.61 Å². The zero-order chi connectivity index (χ0) is 11.7. The molecule has 2 rings (SSSR count). The maximum atomic E-state index is 13.5. The molecule has 0 radical (unpaired) electrons. The molecule has 0 aliphatic carbocycles. The van der Waals surface area contributed by atoms with Crippen molar-refractivity contribution in [2.24, 2.45) is 0 Å². The summed E-state index contributed by atoms with van der Waals surface area (Å²) in [7, 11) is 0. The minimum atomic E-state index is -0.622. The first-order valence-electron chi connectivity index (χ1n) is 4.62. The van der Waals surface area contributed by atoms with Gasteiger partial charge in [-0.25, -0.2) is 9.37 Å². The molecule has 1 atom stereocenters. The molecule has 3 nitrogen and oxygen atoms in total. The fourth-order valence-corrected chi connectivity index (χ4v) is 2.64. The second-order valence-electron chi connectivity index (χ2n) is 3.38. The molecule has 1 N–H and O–H groups in total. The van der Waals surface area contributed by atoms with Gasteiger partial charge in [-0.05, 0) is 22.9 Å². The standard InChI is InChI=1S/C10H9BrFNO2S/c1-5(14)4-15-8-3-9-7(2-6(8)12)13-10(11)16-9/h2-3,5,14H,4H2,1H3. The van der Waals surface area contributed by atoms with Crippen LogP contribution < -0.4 is 4.74 Å². The molecule has 0 saturated carbocycles. The Morgan fingerprint density at radius 1 is 1.62 bits per heavy atom. The largest absolute Gasteiger partial charge is 0.488 e. The zero-order valence-electron chi connectivity index (χ0n) is 8.41. The maximum Gasteiger partial charge on any atom is 0.167 e. The Hall–Kier alpha value is -0.720. The number of ether oxygens (including phenoxy) is 1. The molecule has 0 aliphatic heterocycles. The monoisotopic (exact) mass is 305 g/mol. The summed E-state index contributed by atoms with van der Waals surface area (Å²) in [6.07, 6.45) is -0.622. The average molecular weight is 306 g/mol. The van der Waals surface area contributed by atoms with Crippen LogP contribution in [0, 0.1) is 5.82 Å². The first-order valence-corrected chi connectivity index (χ1v) is 6.23. The summed E-state index contributed by atoms with van der Waals surface area (Å²) in [4.78, 5) is 4.10. The molecular weight excluding hydrogens is 297 g/mol. The van der Waals surface area contributed by atoms with Gasteiger partial charge < -0.3 is 9.84 Å². The van der Waals surface area contributed by atoms with Gasteiger partial charge >= 0.3 is 0 Å². The number of hydrogen-bond donors (Lipinski definition) is 1. The zero-order valence-corrected chi connectivity index (χ0v) is 10.8. The summed E-state index contributed by atoms with van der Waals surface area (Å²) in [5, 5.41) is 9.06. The number of benzene rings is 1. The number of hydrogen-bond acceptors (Lipinski definition) is 4. The number of aliphatic hydroxyl groups is 1. The minimum absolute atomic E-state index is 0.0718. The third-order valence-corrected chi connectivity index (χ3v) is 3.37. The van der Waals surface area contributed by atoms with E-state index in [4.69, 9.17) is 9.84 Å². The highest BCUT2D eigenvalue weighted by Crippen LogP contribution is 2.31. The van der Waals surface area contributed by atoms with Gasteiger partial charge in [-0.15, -0.1) is 11.3 Å². The molecule has 1 aromatic carbocycles. The van der Waals surface area contributed by atoms with E-state index in [-0.39, 0.29) is 12.4 Å². The van der Waals surface area contributed by atoms with Gasteiger partial charge in [0, 0.05) is 12.1 Å². The predicted molar refractivity (Wildman–Crippen MR) is 64.5 cm³/mol. The maximum absolute atomic E-state index is 13.5. The molecule has 0 bridgehead atoms. The van der Waals surface area contributed by atoms with E-state index in [1.807, 2.05) is 0 Å². The lowest BCUT2D eigenvalue weighted by atomic mass is 10.3. The van der Waals surface area contributed by atoms with E-state index in [2.05, 4.69) is 20.9 Å². The van der Waals surface area contributed by atoms with Crippen molar-refractivity contribution in [1.29, 1.82) is 0 Å². The Balaban J connectivity index is 2.34. The lowest BCUT2D eigenvalue weighted by Gasteiger charge is -2.08. The van der Waals surface area contributed by atoms with E-state index in [0.717, 1.165) is 4.70 Å². The molecule has 0 amide bonds. The van der Waals surface area contributed by atoms with Crippen LogP contribution in [-0.2, 0) is 0 Å². The fraction of sp³-hybridized carbons (Fsp3) is 0.300. The molecule has 86 valence electrons. The number of thiazole rings is 1. The highest BCUT2D eigenvalue weighted by Gasteiger charge is 2.10. The number of aromatic nitrogens is 1. The summed E-state index contributed by atoms with van der Waals surface area (Å²) < 4.78 is 20.2. The molecule has 6 heteroatoms. The fourth-order valence-electron chi connectivity index (χ4n) is 1.22. The van der Waals surface area contributed by atoms with Crippen molar-refractivity contribution in [3.8, 4) is 5.75 Å². The van der Waals surface area contributed by atoms with Crippen LogP contribution in [0.5, 0.6) is 5.75 Å². The van der Waals surface area contributed by atoms with Crippen LogP contribution in [0.1, 0.15) is 6.92 Å². The lowest BCUT2D eigenvalue weighted by Crippen LogP contribution is -2.13. The highest BCUT2D eigenvalue weighted by molar-refractivity contribution is 9.11. The van der Waals surface area contributed by atoms with Crippen molar-refractivity contribution in [2.75, 3.05) is 6.61 Å². The van der Waals surface area contributed by atoms with Gasteiger partial charge in [-0.3, -0.25) is 0 Å². The minimum Gasteiger partial charge on any atom is -0.488 e. The number of rotatable bonds is 3. The molecule has 1 unspecified atom stereocenters. The number of halogens is 2. The van der Waals surface area contributed by atoms with E-state index < -0.39 is 11.9 Å². The van der Waals surface area contributed by atoms with Crippen LogP contribution in [0.15, 0.2) is 16.0 Å². The van der Waals surface area contributed by atoms with E-state index >= 15 is 0 Å². The van der Waals surface area contributed by atoms with Crippen LogP contribution >= 0.6 is 27.3 Å². The molecule has 0 spiro atoms. The van der Waals surface area contributed by atoms with Crippen LogP contribution in [0.25, 0.3) is 10.2 Å². The number of nitrogens with zero attached hydrogens (tertiary/aromatic N) is 1. The summed E-state index contributed by atoms with van der Waals surface area (Å²) in [5.74, 6) is -0.324. The molecule has 2 aromatic rings. The molecule has 0 saturated heterocycles. The van der Waals surface area contributed by atoms with Crippen molar-refractivity contribution in [1.82, 2.24) is 4.98 Å². The van der Waals surface area contributed by atoms with Crippen molar-refractivity contribution >= 4 is 37.5 Å². The molecule has 0 aliphatic rings. The van der Waals surface area contributed by atoms with Crippen LogP contribution in [0.3, 0.4) is 0 Å². The third-order valence-electron chi connectivity index (χ3n) is 1.90. The molecule has 16 heavy (non-hydrogen) atoms. The summed E-state index contributed by atoms with van der Waals surface area (Å²) in [6, 6.07) is 2.92. The Kier molecular flexibility index (Phi) is 3.41. The van der Waals surface area contributed by atoms with Gasteiger partial charge in [0.2, 0.25) is 0 Å². The topological polar surface area (TPSA) is 42.4 Å². The normalized spacial score (nSPS) is 13.0. The summed E-state index contributed by atoms with van der Waals surface area (Å²) in [5.41, 5.74) is 0.596. The van der Waals surface area contributed by atoms with Gasteiger partial charge in [-0.2, -0.15) is 0 Å². The lowest BCUT2D eigenvalue weighted by molar-refractivity contribution is 0.120. The Labute approximate surface area is 104 Å². The van der Waals surface area contributed by atoms with Crippen molar-refractivity contribution < 1.29 is 14.2 Å². The van der Waals surface area contributed by atoms with Gasteiger partial charge in [-0.1, -0.05) is 0 Å². The van der Waals surface area contributed by atoms with Crippen LogP contribution in [0.2, 0.25) is 0 Å². The Morgan fingerprint density at radius 2 is 2.38 bits per heavy atom. The number of fused-ring (bicyclic) bond motifs is 1. The van der Waals surface area contributed by atoms with Crippen molar-refractivity contribution in [2.45, 2.75) is 13.0 Å². The summed E-state index contributed by atoms with van der Waals surface area (Å²) >= 11 is 4.65. The van der Waals surface area contributed by atoms with E-state index in [1.165, 1.54) is 17.4 Å². The smallest absolute Gasteiger partial charge is 0.167 e. The molecular formula is C10H9BrFNO2S. The SMILES string of the molecule is CC(O)COc1cc2sc(Br)nc2cc1F. The van der Waals surface area contributed by atoms with Crippen molar-refractivity contribution in [3.05, 3.63) is 21.9 Å². The van der Waals surface area contributed by atoms with Gasteiger partial charge in [0.15, 0.2) is 15.5 Å². The highest BCUT2D eigenvalue weighted by atomic mass is 79.9. The second-order valence-corrected chi connectivity index (χ2v) is 5.68. The third kappa shape index (κ3) is 2.50. The van der Waals surface area contributed by atoms with E-state index in [1.54, 1.807) is 13.0 Å². The quantitative estimate of drug-likeness (QED) is 0.948. The second kappa shape index (κ2) is 4.65. The molecule has 1 aromatic heterocycles. The van der Waals surface area contributed by atoms with E-state index in [9.17, 15) is 4.39 Å².